The van der Waals surface area contributed by atoms with Crippen molar-refractivity contribution in [3.8, 4) is 0 Å². The molecule has 1 N–H and O–H groups in total. The Hall–Kier alpha value is -2.36. The van der Waals surface area contributed by atoms with Crippen LogP contribution >= 0.6 is 0 Å². The van der Waals surface area contributed by atoms with Crippen LogP contribution in [-0.4, -0.2) is 39.7 Å². The van der Waals surface area contributed by atoms with Crippen molar-refractivity contribution >= 4 is 15.8 Å². The van der Waals surface area contributed by atoms with E-state index < -0.39 is 32.9 Å². The number of rotatable bonds is 4. The van der Waals surface area contributed by atoms with Gasteiger partial charge in [0.25, 0.3) is 0 Å². The summed E-state index contributed by atoms with van der Waals surface area (Å²) in [4.78, 5) is 11.6. The molecule has 1 heterocycles. The molecule has 0 fully saturated rings. The standard InChI is InChI=1S/C10H9FN4O4S/c1-15-13-9(12-14-15)5-20(18,19)6-2-3-8(11)7(4-6)10(16)17/h2-4H,5H2,1H3,(H,16,17). The quantitative estimate of drug-likeness (QED) is 0.791. The number of aromatic carboxylic acids is 1. The molecule has 0 aliphatic rings. The highest BCUT2D eigenvalue weighted by molar-refractivity contribution is 7.90. The Balaban J connectivity index is 2.39. The molecule has 106 valence electrons. The average Bonchev–Trinajstić information content (AvgIpc) is 2.73. The number of tetrazole rings is 1. The van der Waals surface area contributed by atoms with Gasteiger partial charge in [-0.15, -0.1) is 10.2 Å². The Kier molecular flexibility index (Phi) is 3.49. The maximum atomic E-state index is 13.2. The predicted octanol–water partition coefficient (Wildman–Crippen LogP) is 0.0213. The first kappa shape index (κ1) is 14.1. The van der Waals surface area contributed by atoms with Crippen molar-refractivity contribution in [1.29, 1.82) is 0 Å². The van der Waals surface area contributed by atoms with Crippen molar-refractivity contribution in [3.05, 3.63) is 35.4 Å². The summed E-state index contributed by atoms with van der Waals surface area (Å²) in [6.07, 6.45) is 0. The molecule has 20 heavy (non-hydrogen) atoms. The zero-order valence-electron chi connectivity index (χ0n) is 10.2. The third-order valence-electron chi connectivity index (χ3n) is 2.40. The first-order valence-electron chi connectivity index (χ1n) is 5.28. The van der Waals surface area contributed by atoms with E-state index in [1.165, 1.54) is 7.05 Å². The summed E-state index contributed by atoms with van der Waals surface area (Å²) in [5.41, 5.74) is -0.710. The van der Waals surface area contributed by atoms with Gasteiger partial charge in [-0.25, -0.2) is 17.6 Å². The maximum Gasteiger partial charge on any atom is 0.338 e. The van der Waals surface area contributed by atoms with Gasteiger partial charge in [0.05, 0.1) is 17.5 Å². The number of halogens is 1. The number of hydrogen-bond acceptors (Lipinski definition) is 6. The van der Waals surface area contributed by atoms with Crippen molar-refractivity contribution in [2.24, 2.45) is 7.05 Å². The van der Waals surface area contributed by atoms with Gasteiger partial charge in [-0.3, -0.25) is 0 Å². The predicted molar refractivity (Wildman–Crippen MR) is 63.0 cm³/mol. The monoisotopic (exact) mass is 300 g/mol. The second-order valence-electron chi connectivity index (χ2n) is 3.90. The Bertz CT molecular complexity index is 771. The zero-order chi connectivity index (χ0) is 14.9. The van der Waals surface area contributed by atoms with Crippen LogP contribution in [0.1, 0.15) is 16.2 Å². The summed E-state index contributed by atoms with van der Waals surface area (Å²) < 4.78 is 37.4. The smallest absolute Gasteiger partial charge is 0.338 e. The van der Waals surface area contributed by atoms with Crippen molar-refractivity contribution in [2.75, 3.05) is 0 Å². The zero-order valence-corrected chi connectivity index (χ0v) is 11.0. The molecule has 0 unspecified atom stereocenters. The van der Waals surface area contributed by atoms with Crippen LogP contribution in [0, 0.1) is 5.82 Å². The number of hydrogen-bond donors (Lipinski definition) is 1. The summed E-state index contributed by atoms with van der Waals surface area (Å²) in [5.74, 6) is -3.13. The molecular weight excluding hydrogens is 291 g/mol. The van der Waals surface area contributed by atoms with Gasteiger partial charge in [-0.1, -0.05) is 0 Å². The van der Waals surface area contributed by atoms with Crippen LogP contribution in [0.4, 0.5) is 4.39 Å². The fraction of sp³-hybridized carbons (Fsp3) is 0.200. The van der Waals surface area contributed by atoms with Gasteiger partial charge in [-0.2, -0.15) is 4.80 Å². The van der Waals surface area contributed by atoms with Crippen LogP contribution in [0.2, 0.25) is 0 Å². The van der Waals surface area contributed by atoms with Crippen molar-refractivity contribution in [1.82, 2.24) is 20.2 Å². The van der Waals surface area contributed by atoms with E-state index in [-0.39, 0.29) is 10.7 Å². The highest BCUT2D eigenvalue weighted by atomic mass is 32.2. The van der Waals surface area contributed by atoms with Gasteiger partial charge in [-0.05, 0) is 23.4 Å². The molecule has 0 aliphatic heterocycles. The van der Waals surface area contributed by atoms with Gasteiger partial charge in [0, 0.05) is 0 Å². The molecule has 0 atom stereocenters. The number of carboxylic acids is 1. The van der Waals surface area contributed by atoms with Crippen LogP contribution in [0.15, 0.2) is 23.1 Å². The van der Waals surface area contributed by atoms with E-state index in [9.17, 15) is 17.6 Å². The number of carbonyl (C=O) groups is 1. The topological polar surface area (TPSA) is 115 Å². The number of sulfone groups is 1. The van der Waals surface area contributed by atoms with Gasteiger partial charge in [0.1, 0.15) is 11.6 Å². The van der Waals surface area contributed by atoms with E-state index in [2.05, 4.69) is 15.4 Å². The molecule has 0 amide bonds. The van der Waals surface area contributed by atoms with Crippen LogP contribution in [0.5, 0.6) is 0 Å². The molecule has 0 saturated heterocycles. The SMILES string of the molecule is Cn1nnc(CS(=O)(=O)c2ccc(F)c(C(=O)O)c2)n1. The minimum Gasteiger partial charge on any atom is -0.478 e. The molecular formula is C10H9FN4O4S. The summed E-state index contributed by atoms with van der Waals surface area (Å²) >= 11 is 0. The van der Waals surface area contributed by atoms with E-state index in [4.69, 9.17) is 5.11 Å². The van der Waals surface area contributed by atoms with E-state index >= 15 is 0 Å². The van der Waals surface area contributed by atoms with Crippen LogP contribution < -0.4 is 0 Å². The van der Waals surface area contributed by atoms with Gasteiger partial charge < -0.3 is 5.11 Å². The molecule has 0 spiro atoms. The van der Waals surface area contributed by atoms with Gasteiger partial charge in [0.15, 0.2) is 15.7 Å². The van der Waals surface area contributed by atoms with Crippen molar-refractivity contribution in [2.45, 2.75) is 10.6 Å². The Morgan fingerprint density at radius 1 is 1.45 bits per heavy atom. The fourth-order valence-corrected chi connectivity index (χ4v) is 2.69. The molecule has 2 rings (SSSR count). The maximum absolute atomic E-state index is 13.2. The molecule has 1 aromatic carbocycles. The Labute approximate surface area is 112 Å². The molecule has 0 radical (unpaired) electrons. The molecule has 1 aromatic heterocycles. The molecule has 0 saturated carbocycles. The summed E-state index contributed by atoms with van der Waals surface area (Å²) in [5, 5.41) is 19.5. The Morgan fingerprint density at radius 3 is 2.70 bits per heavy atom. The normalized spacial score (nSPS) is 11.5. The van der Waals surface area contributed by atoms with E-state index in [1.807, 2.05) is 0 Å². The lowest BCUT2D eigenvalue weighted by Gasteiger charge is -2.04. The number of aromatic nitrogens is 4. The van der Waals surface area contributed by atoms with Gasteiger partial charge >= 0.3 is 5.97 Å². The lowest BCUT2D eigenvalue weighted by atomic mass is 10.2. The summed E-state index contributed by atoms with van der Waals surface area (Å²) in [7, 11) is -2.41. The summed E-state index contributed by atoms with van der Waals surface area (Å²) in [6.45, 7) is 0. The van der Waals surface area contributed by atoms with Gasteiger partial charge in [0.2, 0.25) is 0 Å². The highest BCUT2D eigenvalue weighted by Gasteiger charge is 2.21. The molecule has 0 aliphatic carbocycles. The number of nitrogens with zero attached hydrogens (tertiary/aromatic N) is 4. The average molecular weight is 300 g/mol. The van der Waals surface area contributed by atoms with E-state index in [1.54, 1.807) is 0 Å². The third kappa shape index (κ3) is 2.79. The minimum absolute atomic E-state index is 0.0336. The molecule has 0 bridgehead atoms. The number of carboxylic acid groups (broad SMARTS) is 1. The molecule has 2 aromatic rings. The largest absolute Gasteiger partial charge is 0.478 e. The molecule has 8 nitrogen and oxygen atoms in total. The van der Waals surface area contributed by atoms with Crippen molar-refractivity contribution < 1.29 is 22.7 Å². The van der Waals surface area contributed by atoms with Crippen LogP contribution in [-0.2, 0) is 22.6 Å². The summed E-state index contributed by atoms with van der Waals surface area (Å²) in [6, 6.07) is 2.55. The number of benzene rings is 1. The lowest BCUT2D eigenvalue weighted by Crippen LogP contribution is -2.09. The minimum atomic E-state index is -3.88. The first-order valence-corrected chi connectivity index (χ1v) is 6.93. The lowest BCUT2D eigenvalue weighted by molar-refractivity contribution is 0.0691. The first-order chi connectivity index (χ1) is 9.29. The Morgan fingerprint density at radius 2 is 2.15 bits per heavy atom. The second kappa shape index (κ2) is 4.96. The van der Waals surface area contributed by atoms with Crippen LogP contribution in [0.25, 0.3) is 0 Å². The fourth-order valence-electron chi connectivity index (χ4n) is 1.50. The van der Waals surface area contributed by atoms with E-state index in [0.717, 1.165) is 23.0 Å². The third-order valence-corrected chi connectivity index (χ3v) is 4.01. The number of aryl methyl sites for hydroxylation is 1. The van der Waals surface area contributed by atoms with E-state index in [0.29, 0.717) is 0 Å². The van der Waals surface area contributed by atoms with Crippen LogP contribution in [0.3, 0.4) is 0 Å². The molecule has 10 heteroatoms. The van der Waals surface area contributed by atoms with Crippen molar-refractivity contribution in [3.63, 3.8) is 0 Å². The highest BCUT2D eigenvalue weighted by Crippen LogP contribution is 2.18. The second-order valence-corrected chi connectivity index (χ2v) is 5.89.